The summed E-state index contributed by atoms with van der Waals surface area (Å²) in [5.74, 6) is 1.05. The fourth-order valence-corrected chi connectivity index (χ4v) is 3.10. The van der Waals surface area contributed by atoms with Gasteiger partial charge in [0.05, 0.1) is 18.8 Å². The van der Waals surface area contributed by atoms with E-state index in [1.54, 1.807) is 30.5 Å². The lowest BCUT2D eigenvalue weighted by Crippen LogP contribution is -2.41. The van der Waals surface area contributed by atoms with Crippen LogP contribution in [0.5, 0.6) is 5.75 Å². The van der Waals surface area contributed by atoms with Crippen molar-refractivity contribution < 1.29 is 9.13 Å². The lowest BCUT2D eigenvalue weighted by Gasteiger charge is -2.17. The molecule has 0 saturated heterocycles. The van der Waals surface area contributed by atoms with E-state index >= 15 is 0 Å². The molecule has 0 aliphatic heterocycles. The van der Waals surface area contributed by atoms with Crippen LogP contribution in [0.25, 0.3) is 0 Å². The van der Waals surface area contributed by atoms with Crippen molar-refractivity contribution in [3.05, 3.63) is 46.2 Å². The Balaban J connectivity index is 0.00000364. The van der Waals surface area contributed by atoms with E-state index in [1.807, 2.05) is 6.92 Å². The molecule has 1 heterocycles. The molecule has 0 spiro atoms. The number of benzene rings is 1. The Kier molecular flexibility index (Phi) is 9.44. The molecule has 0 aliphatic rings. The Labute approximate surface area is 181 Å². The second-order valence-electron chi connectivity index (χ2n) is 7.07. The topological polar surface area (TPSA) is 58.5 Å². The van der Waals surface area contributed by atoms with E-state index in [0.29, 0.717) is 24.8 Å². The van der Waals surface area contributed by atoms with Gasteiger partial charge in [0.1, 0.15) is 22.7 Å². The van der Waals surface area contributed by atoms with Crippen molar-refractivity contribution in [2.45, 2.75) is 45.8 Å². The number of aromatic nitrogens is 1. The number of nitrogens with one attached hydrogen (secondary N) is 2. The third-order valence-corrected chi connectivity index (χ3v) is 4.51. The molecule has 1 unspecified atom stereocenters. The lowest BCUT2D eigenvalue weighted by atomic mass is 9.93. The van der Waals surface area contributed by atoms with Gasteiger partial charge in [-0.1, -0.05) is 20.8 Å². The van der Waals surface area contributed by atoms with Gasteiger partial charge in [0.2, 0.25) is 0 Å². The minimum absolute atomic E-state index is 0. The third kappa shape index (κ3) is 8.00. The Morgan fingerprint density at radius 2 is 1.93 bits per heavy atom. The van der Waals surface area contributed by atoms with E-state index in [9.17, 15) is 4.39 Å². The van der Waals surface area contributed by atoms with Gasteiger partial charge >= 0.3 is 0 Å². The second-order valence-corrected chi connectivity index (χ2v) is 8.01. The van der Waals surface area contributed by atoms with E-state index in [4.69, 9.17) is 4.74 Å². The molecule has 0 bridgehead atoms. The Hall–Kier alpha value is -1.42. The van der Waals surface area contributed by atoms with Gasteiger partial charge in [-0.3, -0.25) is 4.99 Å². The van der Waals surface area contributed by atoms with Gasteiger partial charge < -0.3 is 15.4 Å². The summed E-state index contributed by atoms with van der Waals surface area (Å²) < 4.78 is 18.7. The quantitative estimate of drug-likeness (QED) is 0.348. The zero-order valence-electron chi connectivity index (χ0n) is 16.4. The molecule has 0 fully saturated rings. The van der Waals surface area contributed by atoms with Crippen LogP contribution in [0.4, 0.5) is 4.39 Å². The first-order valence-corrected chi connectivity index (χ1v) is 9.47. The van der Waals surface area contributed by atoms with Gasteiger partial charge in [0.15, 0.2) is 5.96 Å². The molecule has 0 saturated carbocycles. The molecule has 5 nitrogen and oxygen atoms in total. The van der Waals surface area contributed by atoms with Crippen molar-refractivity contribution >= 4 is 41.3 Å². The third-order valence-electron chi connectivity index (χ3n) is 3.66. The summed E-state index contributed by atoms with van der Waals surface area (Å²) in [5, 5.41) is 9.61. The Bertz CT molecular complexity index is 728. The summed E-state index contributed by atoms with van der Waals surface area (Å²) in [5.41, 5.74) is 1.16. The van der Waals surface area contributed by atoms with Crippen molar-refractivity contribution in [1.29, 1.82) is 0 Å². The molecule has 1 atom stereocenters. The minimum Gasteiger partial charge on any atom is -0.489 e. The predicted molar refractivity (Wildman–Crippen MR) is 121 cm³/mol. The van der Waals surface area contributed by atoms with Crippen LogP contribution in [-0.4, -0.2) is 30.6 Å². The number of halogens is 2. The molecule has 2 rings (SSSR count). The molecule has 27 heavy (non-hydrogen) atoms. The standard InChI is InChI=1S/C19H27FN4OS.HI/c1-13(25-15-8-6-14(20)7-9-15)10-22-18(21-5)23-11-17-24-16(12-26-17)19(2,3)4;/h6-9,12-13H,10-11H2,1-5H3,(H2,21,22,23);1H. The summed E-state index contributed by atoms with van der Waals surface area (Å²) in [6.07, 6.45) is -0.0913. The number of hydrogen-bond acceptors (Lipinski definition) is 4. The van der Waals surface area contributed by atoms with Crippen LogP contribution in [0, 0.1) is 5.82 Å². The summed E-state index contributed by atoms with van der Waals surface area (Å²) >= 11 is 1.64. The number of aliphatic imine (C=N–C) groups is 1. The monoisotopic (exact) mass is 506 g/mol. The average molecular weight is 506 g/mol. The highest BCUT2D eigenvalue weighted by molar-refractivity contribution is 14.0. The van der Waals surface area contributed by atoms with E-state index in [2.05, 4.69) is 46.8 Å². The summed E-state index contributed by atoms with van der Waals surface area (Å²) in [7, 11) is 1.73. The normalized spacial score (nSPS) is 12.9. The minimum atomic E-state index is -0.274. The molecule has 1 aromatic heterocycles. The average Bonchev–Trinajstić information content (AvgIpc) is 3.06. The molecule has 8 heteroatoms. The Morgan fingerprint density at radius 1 is 1.26 bits per heavy atom. The van der Waals surface area contributed by atoms with Crippen molar-refractivity contribution in [2.24, 2.45) is 4.99 Å². The predicted octanol–water partition coefficient (Wildman–Crippen LogP) is 4.33. The van der Waals surface area contributed by atoms with Crippen molar-refractivity contribution in [3.8, 4) is 5.75 Å². The first kappa shape index (κ1) is 23.6. The first-order valence-electron chi connectivity index (χ1n) is 8.59. The SMILES string of the molecule is CN=C(NCc1nc(C(C)(C)C)cs1)NCC(C)Oc1ccc(F)cc1.I. The maximum absolute atomic E-state index is 12.9. The van der Waals surface area contributed by atoms with Gasteiger partial charge in [0.25, 0.3) is 0 Å². The number of guanidine groups is 1. The molecule has 0 amide bonds. The lowest BCUT2D eigenvalue weighted by molar-refractivity contribution is 0.223. The van der Waals surface area contributed by atoms with Crippen LogP contribution < -0.4 is 15.4 Å². The van der Waals surface area contributed by atoms with Gasteiger partial charge in [-0.15, -0.1) is 35.3 Å². The maximum atomic E-state index is 12.9. The molecule has 150 valence electrons. The first-order chi connectivity index (χ1) is 12.3. The number of ether oxygens (including phenoxy) is 1. The highest BCUT2D eigenvalue weighted by Crippen LogP contribution is 2.23. The summed E-state index contributed by atoms with van der Waals surface area (Å²) in [6, 6.07) is 6.01. The highest BCUT2D eigenvalue weighted by Gasteiger charge is 2.17. The molecule has 0 radical (unpaired) electrons. The van der Waals surface area contributed by atoms with E-state index in [-0.39, 0.29) is 41.3 Å². The zero-order valence-corrected chi connectivity index (χ0v) is 19.5. The Morgan fingerprint density at radius 3 is 2.48 bits per heavy atom. The number of rotatable bonds is 6. The van der Waals surface area contributed by atoms with Crippen molar-refractivity contribution in [2.75, 3.05) is 13.6 Å². The fourth-order valence-electron chi connectivity index (χ4n) is 2.14. The molecular weight excluding hydrogens is 478 g/mol. The van der Waals surface area contributed by atoms with Gasteiger partial charge in [-0.2, -0.15) is 0 Å². The van der Waals surface area contributed by atoms with Gasteiger partial charge in [0, 0.05) is 17.8 Å². The molecule has 1 aromatic carbocycles. The summed E-state index contributed by atoms with van der Waals surface area (Å²) in [4.78, 5) is 8.88. The molecule has 0 aliphatic carbocycles. The van der Waals surface area contributed by atoms with E-state index < -0.39 is 0 Å². The van der Waals surface area contributed by atoms with Crippen LogP contribution in [-0.2, 0) is 12.0 Å². The van der Waals surface area contributed by atoms with Crippen LogP contribution in [0.15, 0.2) is 34.6 Å². The van der Waals surface area contributed by atoms with Gasteiger partial charge in [-0.05, 0) is 31.2 Å². The number of hydrogen-bond donors (Lipinski definition) is 2. The maximum Gasteiger partial charge on any atom is 0.191 e. The van der Waals surface area contributed by atoms with Gasteiger partial charge in [-0.25, -0.2) is 9.37 Å². The smallest absolute Gasteiger partial charge is 0.191 e. The largest absolute Gasteiger partial charge is 0.489 e. The van der Waals surface area contributed by atoms with E-state index in [1.165, 1.54) is 12.1 Å². The van der Waals surface area contributed by atoms with Crippen LogP contribution in [0.2, 0.25) is 0 Å². The summed E-state index contributed by atoms with van der Waals surface area (Å²) in [6.45, 7) is 9.60. The molecule has 2 N–H and O–H groups in total. The zero-order chi connectivity index (χ0) is 19.2. The highest BCUT2D eigenvalue weighted by atomic mass is 127. The molecular formula is C19H28FIN4OS. The van der Waals surface area contributed by atoms with Crippen LogP contribution in [0.3, 0.4) is 0 Å². The van der Waals surface area contributed by atoms with Crippen LogP contribution >= 0.6 is 35.3 Å². The van der Waals surface area contributed by atoms with Crippen LogP contribution in [0.1, 0.15) is 38.4 Å². The number of thiazole rings is 1. The fraction of sp³-hybridized carbons (Fsp3) is 0.474. The van der Waals surface area contributed by atoms with Crippen molar-refractivity contribution in [1.82, 2.24) is 15.6 Å². The van der Waals surface area contributed by atoms with E-state index in [0.717, 1.165) is 10.7 Å². The van der Waals surface area contributed by atoms with Crippen molar-refractivity contribution in [3.63, 3.8) is 0 Å². The molecule has 2 aromatic rings. The second kappa shape index (κ2) is 10.8. The number of nitrogens with zero attached hydrogens (tertiary/aromatic N) is 2.